The van der Waals surface area contributed by atoms with Gasteiger partial charge in [-0.1, -0.05) is 35.5 Å². The van der Waals surface area contributed by atoms with Gasteiger partial charge in [0.2, 0.25) is 11.7 Å². The molecule has 1 aromatic carbocycles. The van der Waals surface area contributed by atoms with Crippen molar-refractivity contribution in [1.29, 1.82) is 0 Å². The summed E-state index contributed by atoms with van der Waals surface area (Å²) in [5, 5.41) is 7.98. The van der Waals surface area contributed by atoms with Crippen LogP contribution in [0.5, 0.6) is 0 Å². The molecule has 8 nitrogen and oxygen atoms in total. The van der Waals surface area contributed by atoms with Gasteiger partial charge in [0.25, 0.3) is 11.5 Å². The second kappa shape index (κ2) is 5.97. The summed E-state index contributed by atoms with van der Waals surface area (Å²) < 4.78 is 6.48. The lowest BCUT2D eigenvalue weighted by Crippen LogP contribution is -2.49. The number of carbonyl (C=O) groups excluding carboxylic acids is 1. The quantitative estimate of drug-likeness (QED) is 0.709. The molecule has 25 heavy (non-hydrogen) atoms. The molecule has 1 aliphatic rings. The predicted octanol–water partition coefficient (Wildman–Crippen LogP) is 1.07. The van der Waals surface area contributed by atoms with Crippen molar-refractivity contribution in [3.8, 4) is 11.4 Å². The van der Waals surface area contributed by atoms with Crippen molar-refractivity contribution in [1.82, 2.24) is 24.8 Å². The molecule has 0 radical (unpaired) electrons. The molecule has 1 saturated heterocycles. The average Bonchev–Trinajstić information content (AvgIpc) is 3.06. The molecule has 1 amide bonds. The number of aryl methyl sites for hydroxylation is 1. The molecular formula is C17H15N5O3. The smallest absolute Gasteiger partial charge is 0.274 e. The van der Waals surface area contributed by atoms with E-state index in [1.807, 2.05) is 30.3 Å². The number of rotatable bonds is 3. The molecule has 1 aliphatic heterocycles. The Morgan fingerprint density at radius 1 is 1.16 bits per heavy atom. The minimum absolute atomic E-state index is 0.0152. The monoisotopic (exact) mass is 337 g/mol. The first-order chi connectivity index (χ1) is 12.1. The van der Waals surface area contributed by atoms with Gasteiger partial charge in [-0.2, -0.15) is 10.1 Å². The van der Waals surface area contributed by atoms with E-state index in [-0.39, 0.29) is 23.1 Å². The molecule has 3 heterocycles. The van der Waals surface area contributed by atoms with E-state index in [2.05, 4.69) is 15.2 Å². The SMILES string of the molecule is Cn1nc(C(=O)N2CC(c3nc(-c4ccccc4)no3)C2)ccc1=O. The van der Waals surface area contributed by atoms with Gasteiger partial charge in [0.05, 0.1) is 5.92 Å². The second-order valence-corrected chi connectivity index (χ2v) is 5.91. The number of amides is 1. The Labute approximate surface area is 142 Å². The zero-order valence-electron chi connectivity index (χ0n) is 13.5. The van der Waals surface area contributed by atoms with Crippen molar-refractivity contribution in [3.05, 3.63) is 64.4 Å². The Kier molecular flexibility index (Phi) is 3.64. The van der Waals surface area contributed by atoms with E-state index in [1.54, 1.807) is 4.90 Å². The molecule has 2 aromatic heterocycles. The zero-order chi connectivity index (χ0) is 17.4. The topological polar surface area (TPSA) is 94.1 Å². The number of carbonyl (C=O) groups is 1. The summed E-state index contributed by atoms with van der Waals surface area (Å²) in [5.41, 5.74) is 0.882. The molecule has 8 heteroatoms. The van der Waals surface area contributed by atoms with Gasteiger partial charge in [0, 0.05) is 31.8 Å². The molecule has 0 unspecified atom stereocenters. The van der Waals surface area contributed by atoms with Gasteiger partial charge in [-0.3, -0.25) is 9.59 Å². The van der Waals surface area contributed by atoms with Crippen molar-refractivity contribution in [2.75, 3.05) is 13.1 Å². The lowest BCUT2D eigenvalue weighted by molar-refractivity contribution is 0.0560. The van der Waals surface area contributed by atoms with Gasteiger partial charge >= 0.3 is 0 Å². The Bertz CT molecular complexity index is 973. The van der Waals surface area contributed by atoms with Crippen LogP contribution in [0.25, 0.3) is 11.4 Å². The van der Waals surface area contributed by atoms with Crippen LogP contribution in [-0.2, 0) is 7.05 Å². The van der Waals surface area contributed by atoms with Crippen LogP contribution in [0.15, 0.2) is 51.8 Å². The summed E-state index contributed by atoms with van der Waals surface area (Å²) in [4.78, 5) is 29.8. The first-order valence-electron chi connectivity index (χ1n) is 7.84. The van der Waals surface area contributed by atoms with Crippen LogP contribution in [0.3, 0.4) is 0 Å². The van der Waals surface area contributed by atoms with E-state index in [0.717, 1.165) is 10.2 Å². The molecule has 0 N–H and O–H groups in total. The fourth-order valence-electron chi connectivity index (χ4n) is 2.68. The average molecular weight is 337 g/mol. The summed E-state index contributed by atoms with van der Waals surface area (Å²) in [6, 6.07) is 12.4. The normalized spacial score (nSPS) is 14.4. The third-order valence-electron chi connectivity index (χ3n) is 4.17. The van der Waals surface area contributed by atoms with Crippen molar-refractivity contribution < 1.29 is 9.32 Å². The van der Waals surface area contributed by atoms with Gasteiger partial charge in [0.15, 0.2) is 0 Å². The molecule has 0 saturated carbocycles. The van der Waals surface area contributed by atoms with Crippen molar-refractivity contribution in [3.63, 3.8) is 0 Å². The molecule has 0 aliphatic carbocycles. The van der Waals surface area contributed by atoms with Crippen LogP contribution in [-0.4, -0.2) is 43.8 Å². The highest BCUT2D eigenvalue weighted by atomic mass is 16.5. The maximum Gasteiger partial charge on any atom is 0.274 e. The van der Waals surface area contributed by atoms with Gasteiger partial charge < -0.3 is 9.42 Å². The Morgan fingerprint density at radius 2 is 1.92 bits per heavy atom. The first kappa shape index (κ1) is 15.3. The van der Waals surface area contributed by atoms with E-state index in [1.165, 1.54) is 19.2 Å². The number of nitrogens with zero attached hydrogens (tertiary/aromatic N) is 5. The van der Waals surface area contributed by atoms with Gasteiger partial charge in [-0.15, -0.1) is 0 Å². The molecule has 3 aromatic rings. The minimum Gasteiger partial charge on any atom is -0.339 e. The predicted molar refractivity (Wildman–Crippen MR) is 87.9 cm³/mol. The summed E-state index contributed by atoms with van der Waals surface area (Å²) in [7, 11) is 1.52. The number of hydrogen-bond acceptors (Lipinski definition) is 6. The Balaban J connectivity index is 1.43. The van der Waals surface area contributed by atoms with Crippen LogP contribution in [0.4, 0.5) is 0 Å². The summed E-state index contributed by atoms with van der Waals surface area (Å²) >= 11 is 0. The largest absolute Gasteiger partial charge is 0.339 e. The van der Waals surface area contributed by atoms with Crippen LogP contribution in [0, 0.1) is 0 Å². The van der Waals surface area contributed by atoms with Crippen LogP contribution < -0.4 is 5.56 Å². The third-order valence-corrected chi connectivity index (χ3v) is 4.17. The maximum absolute atomic E-state index is 12.4. The molecule has 1 fully saturated rings. The van der Waals surface area contributed by atoms with Gasteiger partial charge in [0.1, 0.15) is 5.69 Å². The third kappa shape index (κ3) is 2.82. The standard InChI is InChI=1S/C17H15N5O3/c1-21-14(23)8-7-13(19-21)17(24)22-9-12(10-22)16-18-15(20-25-16)11-5-3-2-4-6-11/h2-8,12H,9-10H2,1H3. The van der Waals surface area contributed by atoms with Crippen LogP contribution in [0.2, 0.25) is 0 Å². The highest BCUT2D eigenvalue weighted by molar-refractivity contribution is 5.92. The van der Waals surface area contributed by atoms with Crippen LogP contribution >= 0.6 is 0 Å². The maximum atomic E-state index is 12.4. The van der Waals surface area contributed by atoms with Crippen molar-refractivity contribution >= 4 is 5.91 Å². The fraction of sp³-hybridized carbons (Fsp3) is 0.235. The Hall–Kier alpha value is -3.29. The van der Waals surface area contributed by atoms with Crippen LogP contribution in [0.1, 0.15) is 22.3 Å². The fourth-order valence-corrected chi connectivity index (χ4v) is 2.68. The molecule has 126 valence electrons. The molecule has 0 bridgehead atoms. The summed E-state index contributed by atoms with van der Waals surface area (Å²) in [5.74, 6) is 0.868. The summed E-state index contributed by atoms with van der Waals surface area (Å²) in [6.45, 7) is 0.972. The first-order valence-corrected chi connectivity index (χ1v) is 7.84. The van der Waals surface area contributed by atoms with Crippen molar-refractivity contribution in [2.24, 2.45) is 7.05 Å². The van der Waals surface area contributed by atoms with E-state index in [0.29, 0.717) is 24.8 Å². The highest BCUT2D eigenvalue weighted by Gasteiger charge is 2.36. The molecule has 0 atom stereocenters. The number of likely N-dealkylation sites (tertiary alicyclic amines) is 1. The highest BCUT2D eigenvalue weighted by Crippen LogP contribution is 2.28. The minimum atomic E-state index is -0.252. The lowest BCUT2D eigenvalue weighted by Gasteiger charge is -2.36. The van der Waals surface area contributed by atoms with Crippen molar-refractivity contribution in [2.45, 2.75) is 5.92 Å². The van der Waals surface area contributed by atoms with E-state index in [9.17, 15) is 9.59 Å². The summed E-state index contributed by atoms with van der Waals surface area (Å²) in [6.07, 6.45) is 0. The molecule has 0 spiro atoms. The number of hydrogen-bond donors (Lipinski definition) is 0. The van der Waals surface area contributed by atoms with Gasteiger partial charge in [-0.25, -0.2) is 4.68 Å². The zero-order valence-corrected chi connectivity index (χ0v) is 13.5. The Morgan fingerprint density at radius 3 is 2.64 bits per heavy atom. The number of benzene rings is 1. The van der Waals surface area contributed by atoms with E-state index < -0.39 is 0 Å². The van der Waals surface area contributed by atoms with E-state index in [4.69, 9.17) is 4.52 Å². The second-order valence-electron chi connectivity index (χ2n) is 5.91. The molecular weight excluding hydrogens is 322 g/mol. The van der Waals surface area contributed by atoms with E-state index >= 15 is 0 Å². The molecule has 4 rings (SSSR count). The van der Waals surface area contributed by atoms with Gasteiger partial charge in [-0.05, 0) is 6.07 Å². The lowest BCUT2D eigenvalue weighted by atomic mass is 9.99. The number of aromatic nitrogens is 4.